The Kier molecular flexibility index (Phi) is 6.49. The Morgan fingerprint density at radius 3 is 1.76 bits per heavy atom. The van der Waals surface area contributed by atoms with E-state index in [1.807, 2.05) is 0 Å². The van der Waals surface area contributed by atoms with Crippen molar-refractivity contribution in [3.8, 4) is 44.5 Å². The van der Waals surface area contributed by atoms with Crippen molar-refractivity contribution in [1.29, 1.82) is 0 Å². The Bertz CT molecular complexity index is 2680. The van der Waals surface area contributed by atoms with Crippen LogP contribution in [0.4, 0.5) is 0 Å². The average Bonchev–Trinajstić information content (AvgIpc) is 3.53. The minimum atomic E-state index is -0.119. The van der Waals surface area contributed by atoms with Crippen molar-refractivity contribution >= 4 is 49.9 Å². The number of halogens is 1. The van der Waals surface area contributed by atoms with Crippen LogP contribution < -0.4 is 0 Å². The first-order chi connectivity index (χ1) is 24.3. The fraction of sp³-hybridized carbons (Fsp3) is 0.122. The van der Waals surface area contributed by atoms with Crippen LogP contribution >= 0.6 is 20.7 Å². The number of hydrogen-bond acceptors (Lipinski definition) is 0. The van der Waals surface area contributed by atoms with Gasteiger partial charge in [-0.3, -0.25) is 0 Å². The molecule has 0 bridgehead atoms. The first kappa shape index (κ1) is 30.0. The van der Waals surface area contributed by atoms with E-state index >= 15 is 0 Å². The van der Waals surface area contributed by atoms with Gasteiger partial charge in [0, 0.05) is 14.4 Å². The molecule has 10 rings (SSSR count). The summed E-state index contributed by atoms with van der Waals surface area (Å²) in [7, 11) is 0. The van der Waals surface area contributed by atoms with Crippen molar-refractivity contribution in [1.82, 2.24) is 0 Å². The highest BCUT2D eigenvalue weighted by Gasteiger charge is 2.38. The largest absolute Gasteiger partial charge is 0.0846 e. The molecule has 240 valence electrons. The van der Waals surface area contributed by atoms with Crippen LogP contribution in [0, 0.1) is 0 Å². The van der Waals surface area contributed by atoms with Crippen molar-refractivity contribution in [2.24, 2.45) is 0 Å². The van der Waals surface area contributed by atoms with E-state index in [1.54, 1.807) is 3.58 Å². The Labute approximate surface area is 304 Å². The molecule has 50 heavy (non-hydrogen) atoms. The van der Waals surface area contributed by atoms with Gasteiger partial charge < -0.3 is 0 Å². The van der Waals surface area contributed by atoms with E-state index in [4.69, 9.17) is 0 Å². The van der Waals surface area contributed by atoms with E-state index in [0.29, 0.717) is 0 Å². The third kappa shape index (κ3) is 4.19. The summed E-state index contributed by atoms with van der Waals surface area (Å²) >= 11 is -0.119. The molecule has 0 saturated carbocycles. The fourth-order valence-electron chi connectivity index (χ4n) is 9.07. The summed E-state index contributed by atoms with van der Waals surface area (Å²) in [5.41, 5.74) is 17.6. The van der Waals surface area contributed by atoms with Crippen LogP contribution in [0.5, 0.6) is 0 Å². The Hall–Kier alpha value is -4.86. The van der Waals surface area contributed by atoms with Gasteiger partial charge in [0.2, 0.25) is 0 Å². The molecule has 0 N–H and O–H groups in total. The molecule has 0 unspecified atom stereocenters. The van der Waals surface area contributed by atoms with Crippen LogP contribution in [0.15, 0.2) is 151 Å². The highest BCUT2D eigenvalue weighted by Crippen LogP contribution is 2.55. The second-order valence-corrected chi connectivity index (χ2v) is 17.5. The SMILES string of the molecule is CC1(C)C2=C(I=CC=C2)c2ccc(-c3c4ccccc4c(-c4ccc5c(c4)C(C)(C)c4ccccc4-5)c4ccc(-c5ccccc5)cc34)cc21. The zero-order chi connectivity index (χ0) is 33.8. The molecule has 1 aliphatic heterocycles. The minimum absolute atomic E-state index is 0.0132. The molecule has 0 fully saturated rings. The fourth-order valence-corrected chi connectivity index (χ4v) is 11.8. The van der Waals surface area contributed by atoms with E-state index in [9.17, 15) is 0 Å². The van der Waals surface area contributed by atoms with Crippen molar-refractivity contribution in [2.45, 2.75) is 38.5 Å². The van der Waals surface area contributed by atoms with Gasteiger partial charge >= 0.3 is 0 Å². The third-order valence-corrected chi connectivity index (χ3v) is 14.2. The molecule has 0 radical (unpaired) electrons. The molecule has 0 amide bonds. The van der Waals surface area contributed by atoms with Crippen molar-refractivity contribution in [2.75, 3.05) is 0 Å². The molecule has 7 aromatic rings. The van der Waals surface area contributed by atoms with E-state index < -0.39 is 0 Å². The lowest BCUT2D eigenvalue weighted by atomic mass is 9.78. The normalized spacial score (nSPS) is 16.2. The quantitative estimate of drug-likeness (QED) is 0.125. The van der Waals surface area contributed by atoms with Crippen molar-refractivity contribution < 1.29 is 0 Å². The standard InChI is InChI=1S/C49H37I/c1-48(2)41-18-11-10-15-34(41)35-23-21-32(28-43(35)48)45-36-16-8-9-17-37(36)46(40-27-31(20-24-38(40)45)30-13-6-5-7-14-30)33-22-25-39-44(29-33)49(3,4)42-19-12-26-50-47(39)42/h5-29H,1-4H3. The number of allylic oxidation sites excluding steroid dienone is 3. The molecule has 7 aromatic carbocycles. The summed E-state index contributed by atoms with van der Waals surface area (Å²) in [6.07, 6.45) is 4.64. The molecule has 2 aliphatic carbocycles. The second-order valence-electron chi connectivity index (χ2n) is 15.1. The molecule has 0 saturated heterocycles. The lowest BCUT2D eigenvalue weighted by molar-refractivity contribution is 0.655. The molecular formula is C49H37I. The maximum absolute atomic E-state index is 2.52. The first-order valence-electron chi connectivity index (χ1n) is 17.6. The summed E-state index contributed by atoms with van der Waals surface area (Å²) in [5.74, 6) is 0. The van der Waals surface area contributed by atoms with Gasteiger partial charge in [-0.15, -0.1) is 0 Å². The van der Waals surface area contributed by atoms with E-state index in [-0.39, 0.29) is 31.6 Å². The third-order valence-electron chi connectivity index (χ3n) is 11.6. The van der Waals surface area contributed by atoms with Crippen LogP contribution in [0.25, 0.3) is 69.6 Å². The van der Waals surface area contributed by atoms with Gasteiger partial charge in [0.1, 0.15) is 0 Å². The summed E-state index contributed by atoms with van der Waals surface area (Å²) in [4.78, 5) is 0. The van der Waals surface area contributed by atoms with Crippen LogP contribution in [0.2, 0.25) is 0 Å². The number of hydrogen-bond donors (Lipinski definition) is 0. The van der Waals surface area contributed by atoms with Crippen LogP contribution in [0.1, 0.15) is 49.9 Å². The molecule has 3 aliphatic rings. The molecule has 0 nitrogen and oxygen atoms in total. The van der Waals surface area contributed by atoms with Gasteiger partial charge in [0.05, 0.1) is 0 Å². The summed E-state index contributed by atoms with van der Waals surface area (Å²) in [5, 5.41) is 5.21. The highest BCUT2D eigenvalue weighted by atomic mass is 127. The smallest absolute Gasteiger partial charge is 0.0193 e. The molecular weight excluding hydrogens is 715 g/mol. The monoisotopic (exact) mass is 752 g/mol. The Balaban J connectivity index is 1.27. The van der Waals surface area contributed by atoms with Crippen molar-refractivity contribution in [3.63, 3.8) is 0 Å². The van der Waals surface area contributed by atoms with Crippen LogP contribution in [-0.2, 0) is 10.8 Å². The van der Waals surface area contributed by atoms with Gasteiger partial charge in [0.15, 0.2) is 0 Å². The average molecular weight is 753 g/mol. The Morgan fingerprint density at radius 2 is 1.00 bits per heavy atom. The highest BCUT2D eigenvalue weighted by molar-refractivity contribution is 14.2. The van der Waals surface area contributed by atoms with Crippen LogP contribution in [0.3, 0.4) is 0 Å². The molecule has 0 aromatic heterocycles. The predicted molar refractivity (Wildman–Crippen MR) is 224 cm³/mol. The van der Waals surface area contributed by atoms with E-state index in [0.717, 1.165) is 0 Å². The van der Waals surface area contributed by atoms with Gasteiger partial charge in [-0.2, -0.15) is 0 Å². The topological polar surface area (TPSA) is 0 Å². The number of benzene rings is 7. The van der Waals surface area contributed by atoms with Gasteiger partial charge in [0.25, 0.3) is 0 Å². The lowest BCUT2D eigenvalue weighted by Gasteiger charge is -2.25. The Morgan fingerprint density at radius 1 is 0.420 bits per heavy atom. The minimum Gasteiger partial charge on any atom is -0.0846 e. The lowest BCUT2D eigenvalue weighted by Crippen LogP contribution is -2.16. The van der Waals surface area contributed by atoms with Gasteiger partial charge in [-0.25, -0.2) is 0 Å². The molecule has 1 heterocycles. The van der Waals surface area contributed by atoms with Gasteiger partial charge in [-0.1, -0.05) is 176 Å². The second kappa shape index (κ2) is 10.8. The zero-order valence-corrected chi connectivity index (χ0v) is 31.0. The summed E-state index contributed by atoms with van der Waals surface area (Å²) in [6.45, 7) is 9.59. The number of fused-ring (bicyclic) bond motifs is 7. The molecule has 1 heteroatoms. The van der Waals surface area contributed by atoms with Gasteiger partial charge in [-0.05, 0) is 116 Å². The van der Waals surface area contributed by atoms with Crippen LogP contribution in [-0.4, -0.2) is 4.01 Å². The summed E-state index contributed by atoms with van der Waals surface area (Å²) in [6, 6.07) is 50.6. The maximum Gasteiger partial charge on any atom is 0.0193 e. The maximum atomic E-state index is 2.52. The van der Waals surface area contributed by atoms with E-state index in [2.05, 4.69) is 177 Å². The summed E-state index contributed by atoms with van der Waals surface area (Å²) < 4.78 is 4.00. The van der Waals surface area contributed by atoms with Crippen molar-refractivity contribution in [3.05, 3.63) is 173 Å². The van der Waals surface area contributed by atoms with E-state index in [1.165, 1.54) is 93.9 Å². The molecule has 0 atom stereocenters. The predicted octanol–water partition coefficient (Wildman–Crippen LogP) is 13.6. The number of rotatable bonds is 3. The zero-order valence-electron chi connectivity index (χ0n) is 28.8. The molecule has 0 spiro atoms. The first-order valence-corrected chi connectivity index (χ1v) is 20.0.